The van der Waals surface area contributed by atoms with E-state index < -0.39 is 0 Å². The van der Waals surface area contributed by atoms with Gasteiger partial charge < -0.3 is 4.40 Å². The molecule has 0 amide bonds. The van der Waals surface area contributed by atoms with Crippen LogP contribution in [0, 0.1) is 31.6 Å². The standard InChI is InChI=1S/C38H41N2/c1-21-13-29(37(3,4)5)34-31(22(21)2)35-32-26(11-12-39(35)6)17-28(33-27-9-7-8-10-30(27)40(34)36(32)33)38-18-23-14-24(19-38)16-25(15-23)20-38/h7-13,17,23-25H,14-16,18-20H2,1-6H3/q+1. The zero-order valence-electron chi connectivity index (χ0n) is 25.0. The van der Waals surface area contributed by atoms with Gasteiger partial charge in [-0.15, -0.1) is 0 Å². The molecule has 4 aliphatic rings. The molecule has 3 heterocycles. The summed E-state index contributed by atoms with van der Waals surface area (Å²) in [6.45, 7) is 11.8. The summed E-state index contributed by atoms with van der Waals surface area (Å²) in [6, 6.07) is 16.9. The Morgan fingerprint density at radius 1 is 0.825 bits per heavy atom. The normalized spacial score (nSPS) is 26.5. The van der Waals surface area contributed by atoms with Crippen LogP contribution in [0.3, 0.4) is 0 Å². The minimum atomic E-state index is 0.0295. The van der Waals surface area contributed by atoms with Crippen molar-refractivity contribution in [2.24, 2.45) is 24.8 Å². The van der Waals surface area contributed by atoms with E-state index in [4.69, 9.17) is 0 Å². The Hall–Kier alpha value is -3.13. The molecular formula is C38H41N2+. The van der Waals surface area contributed by atoms with E-state index in [0.29, 0.717) is 5.41 Å². The van der Waals surface area contributed by atoms with E-state index >= 15 is 0 Å². The Morgan fingerprint density at radius 2 is 1.50 bits per heavy atom. The van der Waals surface area contributed by atoms with Crippen molar-refractivity contribution in [2.75, 3.05) is 0 Å². The summed E-state index contributed by atoms with van der Waals surface area (Å²) in [5.74, 6) is 2.80. The van der Waals surface area contributed by atoms with Crippen LogP contribution in [0.5, 0.6) is 0 Å². The Labute approximate surface area is 237 Å². The van der Waals surface area contributed by atoms with Crippen LogP contribution in [-0.4, -0.2) is 4.40 Å². The highest BCUT2D eigenvalue weighted by Gasteiger charge is 2.52. The number of para-hydroxylation sites is 1. The van der Waals surface area contributed by atoms with Crippen molar-refractivity contribution in [2.45, 2.75) is 84.0 Å². The van der Waals surface area contributed by atoms with Crippen LogP contribution in [0.25, 0.3) is 49.0 Å². The lowest BCUT2D eigenvalue weighted by Crippen LogP contribution is -2.48. The minimum Gasteiger partial charge on any atom is -0.307 e. The summed E-state index contributed by atoms with van der Waals surface area (Å²) in [5.41, 5.74) is 12.0. The molecule has 2 heteroatoms. The molecule has 3 aromatic heterocycles. The first-order chi connectivity index (χ1) is 19.1. The van der Waals surface area contributed by atoms with Gasteiger partial charge in [-0.05, 0) is 121 Å². The van der Waals surface area contributed by atoms with E-state index in [1.54, 1.807) is 10.9 Å². The van der Waals surface area contributed by atoms with Gasteiger partial charge in [-0.3, -0.25) is 0 Å². The smallest absolute Gasteiger partial charge is 0.224 e. The van der Waals surface area contributed by atoms with Crippen LogP contribution in [-0.2, 0) is 17.9 Å². The van der Waals surface area contributed by atoms with Gasteiger partial charge in [0.1, 0.15) is 7.05 Å². The van der Waals surface area contributed by atoms with E-state index in [1.165, 1.54) is 98.8 Å². The second-order valence-electron chi connectivity index (χ2n) is 15.3. The summed E-state index contributed by atoms with van der Waals surface area (Å²) < 4.78 is 5.12. The van der Waals surface area contributed by atoms with Crippen molar-refractivity contribution in [1.29, 1.82) is 0 Å². The van der Waals surface area contributed by atoms with Crippen LogP contribution >= 0.6 is 0 Å². The summed E-state index contributed by atoms with van der Waals surface area (Å²) in [5, 5.41) is 7.32. The average Bonchev–Trinajstić information content (AvgIpc) is 3.24. The van der Waals surface area contributed by atoms with Gasteiger partial charge in [0.05, 0.1) is 27.3 Å². The van der Waals surface area contributed by atoms with Gasteiger partial charge in [0.15, 0.2) is 6.20 Å². The first-order valence-corrected chi connectivity index (χ1v) is 15.7. The molecule has 3 aromatic carbocycles. The summed E-state index contributed by atoms with van der Waals surface area (Å²) >= 11 is 0. The molecule has 4 fully saturated rings. The van der Waals surface area contributed by atoms with Crippen molar-refractivity contribution in [3.8, 4) is 0 Å². The van der Waals surface area contributed by atoms with Crippen molar-refractivity contribution in [1.82, 2.24) is 4.40 Å². The van der Waals surface area contributed by atoms with Gasteiger partial charge in [-0.25, -0.2) is 4.57 Å². The Morgan fingerprint density at radius 3 is 2.17 bits per heavy atom. The van der Waals surface area contributed by atoms with Crippen LogP contribution in [0.2, 0.25) is 0 Å². The number of rotatable bonds is 1. The molecule has 202 valence electrons. The van der Waals surface area contributed by atoms with Crippen LogP contribution in [0.15, 0.2) is 48.7 Å². The third-order valence-corrected chi connectivity index (χ3v) is 11.7. The van der Waals surface area contributed by atoms with Crippen LogP contribution < -0.4 is 4.57 Å². The van der Waals surface area contributed by atoms with Gasteiger partial charge in [0.2, 0.25) is 5.52 Å². The van der Waals surface area contributed by atoms with Gasteiger partial charge in [0.25, 0.3) is 0 Å². The molecule has 0 N–H and O–H groups in total. The van der Waals surface area contributed by atoms with Crippen molar-refractivity contribution >= 4 is 49.0 Å². The number of benzene rings is 3. The molecule has 2 nitrogen and oxygen atoms in total. The Kier molecular flexibility index (Phi) is 4.35. The Bertz CT molecular complexity index is 2010. The number of fused-ring (bicyclic) bond motifs is 6. The SMILES string of the molecule is Cc1cc(C(C)(C)C)c2c(c1C)c1c3c(cc[n+]1C)cc(C14CC5CC(CC(C5)C1)C4)c1c4ccccc4n2c13. The predicted molar refractivity (Wildman–Crippen MR) is 168 cm³/mol. The molecule has 0 saturated heterocycles. The molecule has 4 bridgehead atoms. The maximum atomic E-state index is 2.71. The van der Waals surface area contributed by atoms with Gasteiger partial charge >= 0.3 is 0 Å². The molecule has 40 heavy (non-hydrogen) atoms. The molecule has 0 atom stereocenters. The first kappa shape index (κ1) is 23.6. The van der Waals surface area contributed by atoms with E-state index in [0.717, 1.165) is 17.8 Å². The fourth-order valence-corrected chi connectivity index (χ4v) is 10.4. The maximum absolute atomic E-state index is 2.71. The summed E-state index contributed by atoms with van der Waals surface area (Å²) in [6.07, 6.45) is 11.0. The molecule has 4 saturated carbocycles. The topological polar surface area (TPSA) is 8.29 Å². The molecule has 0 radical (unpaired) electrons. The molecule has 0 unspecified atom stereocenters. The third kappa shape index (κ3) is 2.78. The minimum absolute atomic E-state index is 0.0295. The van der Waals surface area contributed by atoms with Gasteiger partial charge in [0, 0.05) is 16.8 Å². The van der Waals surface area contributed by atoms with E-state index in [-0.39, 0.29) is 5.41 Å². The lowest BCUT2D eigenvalue weighted by Gasteiger charge is -2.57. The van der Waals surface area contributed by atoms with E-state index in [1.807, 2.05) is 0 Å². The summed E-state index contributed by atoms with van der Waals surface area (Å²) in [4.78, 5) is 0. The highest BCUT2D eigenvalue weighted by atomic mass is 15.0. The van der Waals surface area contributed by atoms with Gasteiger partial charge in [-0.1, -0.05) is 45.0 Å². The zero-order valence-corrected chi connectivity index (χ0v) is 25.0. The molecular weight excluding hydrogens is 484 g/mol. The fourth-order valence-electron chi connectivity index (χ4n) is 10.4. The zero-order chi connectivity index (χ0) is 27.3. The first-order valence-electron chi connectivity index (χ1n) is 15.7. The highest BCUT2D eigenvalue weighted by Crippen LogP contribution is 2.62. The predicted octanol–water partition coefficient (Wildman–Crippen LogP) is 9.20. The monoisotopic (exact) mass is 525 g/mol. The molecule has 4 aliphatic carbocycles. The Balaban J connectivity index is 1.58. The number of hydrogen-bond donors (Lipinski definition) is 0. The molecule has 0 spiro atoms. The van der Waals surface area contributed by atoms with Crippen molar-refractivity contribution < 1.29 is 4.57 Å². The van der Waals surface area contributed by atoms with E-state index in [2.05, 4.69) is 99.3 Å². The number of aryl methyl sites for hydroxylation is 3. The quantitative estimate of drug-likeness (QED) is 0.115. The number of pyridine rings is 2. The lowest BCUT2D eigenvalue weighted by atomic mass is 9.47. The third-order valence-electron chi connectivity index (χ3n) is 11.7. The second-order valence-corrected chi connectivity index (χ2v) is 15.3. The molecule has 10 rings (SSSR count). The number of aromatic nitrogens is 2. The highest BCUT2D eigenvalue weighted by molar-refractivity contribution is 6.28. The van der Waals surface area contributed by atoms with Crippen LogP contribution in [0.1, 0.15) is 81.5 Å². The molecule has 0 aliphatic heterocycles. The van der Waals surface area contributed by atoms with E-state index in [9.17, 15) is 0 Å². The van der Waals surface area contributed by atoms with Crippen LogP contribution in [0.4, 0.5) is 0 Å². The summed E-state index contributed by atoms with van der Waals surface area (Å²) in [7, 11) is 2.26. The number of hydrogen-bond acceptors (Lipinski definition) is 0. The average molecular weight is 526 g/mol. The molecule has 6 aromatic rings. The van der Waals surface area contributed by atoms with Gasteiger partial charge in [-0.2, -0.15) is 0 Å². The lowest BCUT2D eigenvalue weighted by molar-refractivity contribution is -0.643. The fraction of sp³-hybridized carbons (Fsp3) is 0.447. The number of nitrogens with zero attached hydrogens (tertiary/aromatic N) is 2. The van der Waals surface area contributed by atoms with Crippen molar-refractivity contribution in [3.05, 3.63) is 70.9 Å². The second kappa shape index (κ2) is 7.38. The van der Waals surface area contributed by atoms with Crippen molar-refractivity contribution in [3.63, 3.8) is 0 Å². The maximum Gasteiger partial charge on any atom is 0.224 e. The largest absolute Gasteiger partial charge is 0.307 e.